The van der Waals surface area contributed by atoms with Crippen molar-refractivity contribution in [2.75, 3.05) is 12.9 Å². The number of hydrogen-bond donors (Lipinski definition) is 0. The Hall–Kier alpha value is -2.28. The van der Waals surface area contributed by atoms with E-state index in [0.717, 1.165) is 45.9 Å². The van der Waals surface area contributed by atoms with Crippen LogP contribution in [-0.4, -0.2) is 50.4 Å². The third kappa shape index (κ3) is 3.32. The predicted octanol–water partition coefficient (Wildman–Crippen LogP) is 4.08. The first kappa shape index (κ1) is 19.1. The number of pyridine rings is 1. The smallest absolute Gasteiger partial charge is 0.233 e. The minimum Gasteiger partial charge on any atom is -0.497 e. The molecule has 1 amide bonds. The molecule has 1 fully saturated rings. The Morgan fingerprint density at radius 3 is 2.68 bits per heavy atom. The molecule has 0 spiro atoms. The van der Waals surface area contributed by atoms with Gasteiger partial charge in [0.25, 0.3) is 0 Å². The molecule has 0 saturated carbocycles. The first-order valence-corrected chi connectivity index (χ1v) is 10.7. The molecule has 1 aliphatic rings. The number of carbonyl (C=O) groups is 1. The van der Waals surface area contributed by atoms with Gasteiger partial charge in [-0.1, -0.05) is 11.8 Å². The number of ether oxygens (including phenoxy) is 1. The van der Waals surface area contributed by atoms with Gasteiger partial charge in [0.15, 0.2) is 10.8 Å². The van der Waals surface area contributed by atoms with Gasteiger partial charge in [-0.3, -0.25) is 9.20 Å². The van der Waals surface area contributed by atoms with E-state index in [0.29, 0.717) is 17.8 Å². The highest BCUT2D eigenvalue weighted by atomic mass is 32.2. The SMILES string of the molecule is COc1ccc2c(c1)cc(C)c1nnc(SCC(=O)N3[C@@H](C)CCC[C@@H]3C)n12. The highest BCUT2D eigenvalue weighted by Crippen LogP contribution is 2.29. The Morgan fingerprint density at radius 2 is 1.96 bits per heavy atom. The third-order valence-electron chi connectivity index (χ3n) is 5.64. The van der Waals surface area contributed by atoms with Crippen LogP contribution >= 0.6 is 11.8 Å². The summed E-state index contributed by atoms with van der Waals surface area (Å²) in [5, 5.41) is 10.6. The topological polar surface area (TPSA) is 59.7 Å². The van der Waals surface area contributed by atoms with Crippen LogP contribution in [0.5, 0.6) is 5.75 Å². The lowest BCUT2D eigenvalue weighted by atomic mass is 9.98. The van der Waals surface area contributed by atoms with E-state index in [-0.39, 0.29) is 5.91 Å². The summed E-state index contributed by atoms with van der Waals surface area (Å²) in [6, 6.07) is 8.68. The van der Waals surface area contributed by atoms with Crippen molar-refractivity contribution in [1.29, 1.82) is 0 Å². The second-order valence-corrected chi connectivity index (χ2v) is 8.55. The zero-order valence-corrected chi connectivity index (χ0v) is 17.6. The van der Waals surface area contributed by atoms with Gasteiger partial charge in [0.05, 0.1) is 18.4 Å². The largest absolute Gasteiger partial charge is 0.497 e. The minimum absolute atomic E-state index is 0.181. The molecule has 6 nitrogen and oxygen atoms in total. The summed E-state index contributed by atoms with van der Waals surface area (Å²) in [4.78, 5) is 14.9. The molecule has 0 N–H and O–H groups in total. The van der Waals surface area contributed by atoms with Gasteiger partial charge in [-0.15, -0.1) is 10.2 Å². The number of nitrogens with zero attached hydrogens (tertiary/aromatic N) is 4. The van der Waals surface area contributed by atoms with Gasteiger partial charge in [0.1, 0.15) is 5.75 Å². The van der Waals surface area contributed by atoms with Gasteiger partial charge < -0.3 is 9.64 Å². The van der Waals surface area contributed by atoms with E-state index in [4.69, 9.17) is 4.74 Å². The van der Waals surface area contributed by atoms with Gasteiger partial charge in [-0.25, -0.2) is 0 Å². The number of aryl methyl sites for hydroxylation is 1. The molecule has 0 unspecified atom stereocenters. The van der Waals surface area contributed by atoms with E-state index in [2.05, 4.69) is 30.1 Å². The summed E-state index contributed by atoms with van der Waals surface area (Å²) in [5.41, 5.74) is 2.89. The predicted molar refractivity (Wildman–Crippen MR) is 112 cm³/mol. The molecule has 0 radical (unpaired) electrons. The molecular formula is C21H26N4O2S. The fourth-order valence-corrected chi connectivity index (χ4v) is 5.04. The molecule has 4 rings (SSSR count). The Morgan fingerprint density at radius 1 is 1.21 bits per heavy atom. The molecule has 1 aromatic carbocycles. The van der Waals surface area contributed by atoms with Crippen molar-refractivity contribution in [3.05, 3.63) is 29.8 Å². The van der Waals surface area contributed by atoms with Crippen LogP contribution in [0.15, 0.2) is 29.4 Å². The Labute approximate surface area is 169 Å². The molecule has 1 aliphatic heterocycles. The fourth-order valence-electron chi connectivity index (χ4n) is 4.23. The highest BCUT2D eigenvalue weighted by Gasteiger charge is 2.29. The number of fused-ring (bicyclic) bond motifs is 3. The van der Waals surface area contributed by atoms with Gasteiger partial charge in [-0.05, 0) is 69.9 Å². The first-order chi connectivity index (χ1) is 13.5. The Kier molecular flexibility index (Phi) is 5.19. The zero-order chi connectivity index (χ0) is 19.8. The van der Waals surface area contributed by atoms with Crippen molar-refractivity contribution in [3.8, 4) is 5.75 Å². The first-order valence-electron chi connectivity index (χ1n) is 9.76. The standard InChI is InChI=1S/C21H26N4O2S/c1-13-10-16-11-17(27-4)8-9-18(16)25-20(13)22-23-21(25)28-12-19(26)24-14(2)6-5-7-15(24)3/h8-11,14-15H,5-7,12H2,1-4H3/t14-,15-/m0/s1. The molecule has 7 heteroatoms. The van der Waals surface area contributed by atoms with Crippen LogP contribution in [-0.2, 0) is 4.79 Å². The number of aromatic nitrogens is 3. The lowest BCUT2D eigenvalue weighted by Gasteiger charge is -2.39. The number of likely N-dealkylation sites (tertiary alicyclic amines) is 1. The van der Waals surface area contributed by atoms with Crippen molar-refractivity contribution < 1.29 is 9.53 Å². The van der Waals surface area contributed by atoms with Crippen LogP contribution < -0.4 is 4.74 Å². The van der Waals surface area contributed by atoms with Gasteiger partial charge in [0.2, 0.25) is 5.91 Å². The van der Waals surface area contributed by atoms with Crippen LogP contribution in [0.4, 0.5) is 0 Å². The number of benzene rings is 1. The number of hydrogen-bond acceptors (Lipinski definition) is 5. The van der Waals surface area contributed by atoms with Crippen molar-refractivity contribution in [1.82, 2.24) is 19.5 Å². The lowest BCUT2D eigenvalue weighted by molar-refractivity contribution is -0.134. The van der Waals surface area contributed by atoms with E-state index in [1.54, 1.807) is 7.11 Å². The molecule has 28 heavy (non-hydrogen) atoms. The van der Waals surface area contributed by atoms with E-state index < -0.39 is 0 Å². The van der Waals surface area contributed by atoms with Crippen LogP contribution in [0.2, 0.25) is 0 Å². The van der Waals surface area contributed by atoms with Crippen molar-refractivity contribution in [3.63, 3.8) is 0 Å². The van der Waals surface area contributed by atoms with E-state index >= 15 is 0 Å². The van der Waals surface area contributed by atoms with Crippen LogP contribution in [0.3, 0.4) is 0 Å². The normalized spacial score (nSPS) is 20.1. The maximum atomic E-state index is 12.9. The molecule has 0 aliphatic carbocycles. The lowest BCUT2D eigenvalue weighted by Crippen LogP contribution is -2.48. The van der Waals surface area contributed by atoms with E-state index in [1.807, 2.05) is 34.4 Å². The van der Waals surface area contributed by atoms with Gasteiger partial charge >= 0.3 is 0 Å². The zero-order valence-electron chi connectivity index (χ0n) is 16.8. The number of carbonyl (C=O) groups excluding carboxylic acids is 1. The summed E-state index contributed by atoms with van der Waals surface area (Å²) < 4.78 is 7.40. The molecule has 148 valence electrons. The van der Waals surface area contributed by atoms with Crippen molar-refractivity contribution in [2.24, 2.45) is 0 Å². The van der Waals surface area contributed by atoms with Crippen LogP contribution in [0.1, 0.15) is 38.7 Å². The van der Waals surface area contributed by atoms with Gasteiger partial charge in [-0.2, -0.15) is 0 Å². The summed E-state index contributed by atoms with van der Waals surface area (Å²) >= 11 is 1.46. The number of amides is 1. The Bertz CT molecular complexity index is 1020. The second-order valence-electron chi connectivity index (χ2n) is 7.61. The van der Waals surface area contributed by atoms with Gasteiger partial charge in [0, 0.05) is 17.5 Å². The molecule has 2 aromatic heterocycles. The average Bonchev–Trinajstić information content (AvgIpc) is 3.10. The fraction of sp³-hybridized carbons (Fsp3) is 0.476. The summed E-state index contributed by atoms with van der Waals surface area (Å²) in [5.74, 6) is 1.37. The summed E-state index contributed by atoms with van der Waals surface area (Å²) in [6.45, 7) is 6.32. The maximum Gasteiger partial charge on any atom is 0.233 e. The van der Waals surface area contributed by atoms with Crippen LogP contribution in [0, 0.1) is 6.92 Å². The highest BCUT2D eigenvalue weighted by molar-refractivity contribution is 7.99. The number of methoxy groups -OCH3 is 1. The summed E-state index contributed by atoms with van der Waals surface area (Å²) in [6.07, 6.45) is 3.36. The number of thioether (sulfide) groups is 1. The molecule has 2 atom stereocenters. The van der Waals surface area contributed by atoms with E-state index in [9.17, 15) is 4.79 Å². The maximum absolute atomic E-state index is 12.9. The summed E-state index contributed by atoms with van der Waals surface area (Å²) in [7, 11) is 1.67. The number of rotatable bonds is 4. The van der Waals surface area contributed by atoms with Crippen molar-refractivity contribution in [2.45, 2.75) is 57.3 Å². The quantitative estimate of drug-likeness (QED) is 0.620. The molecule has 0 bridgehead atoms. The Balaban J connectivity index is 1.65. The second kappa shape index (κ2) is 7.62. The average molecular weight is 399 g/mol. The third-order valence-corrected chi connectivity index (χ3v) is 6.55. The minimum atomic E-state index is 0.181. The van der Waals surface area contributed by atoms with Crippen molar-refractivity contribution >= 4 is 34.2 Å². The molecule has 3 aromatic rings. The monoisotopic (exact) mass is 398 g/mol. The van der Waals surface area contributed by atoms with Crippen LogP contribution in [0.25, 0.3) is 16.6 Å². The molecule has 1 saturated heterocycles. The molecule has 3 heterocycles. The number of piperidine rings is 1. The molecular weight excluding hydrogens is 372 g/mol. The van der Waals surface area contributed by atoms with E-state index in [1.165, 1.54) is 18.2 Å².